The van der Waals surface area contributed by atoms with Crippen molar-refractivity contribution < 1.29 is 9.21 Å². The fourth-order valence-corrected chi connectivity index (χ4v) is 3.77. The Morgan fingerprint density at radius 1 is 1.30 bits per heavy atom. The second-order valence-electron chi connectivity index (χ2n) is 5.80. The molecule has 0 aliphatic carbocycles. The van der Waals surface area contributed by atoms with Crippen LogP contribution in [0.3, 0.4) is 0 Å². The van der Waals surface area contributed by atoms with Gasteiger partial charge in [0.15, 0.2) is 0 Å². The van der Waals surface area contributed by atoms with Crippen molar-refractivity contribution in [3.8, 4) is 10.6 Å². The van der Waals surface area contributed by atoms with E-state index in [1.165, 1.54) is 22.5 Å². The fourth-order valence-electron chi connectivity index (χ4n) is 2.99. The summed E-state index contributed by atoms with van der Waals surface area (Å²) < 4.78 is 5.08. The summed E-state index contributed by atoms with van der Waals surface area (Å²) >= 11 is 1.47. The van der Waals surface area contributed by atoms with Crippen molar-refractivity contribution in [3.05, 3.63) is 65.1 Å². The summed E-state index contributed by atoms with van der Waals surface area (Å²) in [6.45, 7) is 2.74. The number of furan rings is 1. The normalized spacial score (nSPS) is 17.1. The van der Waals surface area contributed by atoms with E-state index >= 15 is 0 Å². The topological polar surface area (TPSA) is 46.3 Å². The maximum atomic E-state index is 12.8. The van der Waals surface area contributed by atoms with Crippen LogP contribution in [0, 0.1) is 0 Å². The van der Waals surface area contributed by atoms with E-state index in [1.54, 1.807) is 12.5 Å². The van der Waals surface area contributed by atoms with Gasteiger partial charge in [-0.25, -0.2) is 4.98 Å². The van der Waals surface area contributed by atoms with Gasteiger partial charge in [-0.2, -0.15) is 0 Å². The smallest absolute Gasteiger partial charge is 0.273 e. The van der Waals surface area contributed by atoms with Crippen molar-refractivity contribution in [2.75, 3.05) is 0 Å². The van der Waals surface area contributed by atoms with Gasteiger partial charge in [0.1, 0.15) is 17.0 Å². The number of carbonyl (C=O) groups excluding carboxylic acids is 1. The average Bonchev–Trinajstić information content (AvgIpc) is 3.24. The molecule has 3 aromatic rings. The SMILES string of the molecule is CC1Cc2ccccc2CN1C(=O)c1csc(-c2ccoc2)n1. The number of amides is 1. The Hall–Kier alpha value is -2.40. The van der Waals surface area contributed by atoms with Gasteiger partial charge in [-0.15, -0.1) is 11.3 Å². The van der Waals surface area contributed by atoms with Gasteiger partial charge in [-0.05, 0) is 30.5 Å². The maximum Gasteiger partial charge on any atom is 0.273 e. The highest BCUT2D eigenvalue weighted by Crippen LogP contribution is 2.28. The lowest BCUT2D eigenvalue weighted by molar-refractivity contribution is 0.0653. The Bertz CT molecular complexity index is 838. The molecule has 4 rings (SSSR count). The number of carbonyl (C=O) groups is 1. The molecule has 1 aliphatic heterocycles. The molecule has 4 nitrogen and oxygen atoms in total. The van der Waals surface area contributed by atoms with E-state index in [2.05, 4.69) is 30.1 Å². The third-order valence-electron chi connectivity index (χ3n) is 4.26. The van der Waals surface area contributed by atoms with E-state index in [4.69, 9.17) is 4.42 Å². The number of aromatic nitrogens is 1. The lowest BCUT2D eigenvalue weighted by Gasteiger charge is -2.34. The number of thiazole rings is 1. The Kier molecular flexibility index (Phi) is 3.50. The zero-order valence-electron chi connectivity index (χ0n) is 12.7. The molecule has 1 aromatic carbocycles. The summed E-state index contributed by atoms with van der Waals surface area (Å²) in [6, 6.07) is 10.4. The number of benzene rings is 1. The van der Waals surface area contributed by atoms with Crippen molar-refractivity contribution in [2.24, 2.45) is 0 Å². The minimum absolute atomic E-state index is 0.00185. The molecule has 0 fully saturated rings. The first kappa shape index (κ1) is 14.2. The molecule has 1 amide bonds. The average molecular weight is 324 g/mol. The largest absolute Gasteiger partial charge is 0.472 e. The van der Waals surface area contributed by atoms with Gasteiger partial charge in [0.2, 0.25) is 0 Å². The van der Waals surface area contributed by atoms with Crippen molar-refractivity contribution in [3.63, 3.8) is 0 Å². The Morgan fingerprint density at radius 2 is 2.13 bits per heavy atom. The zero-order chi connectivity index (χ0) is 15.8. The molecule has 3 heterocycles. The summed E-state index contributed by atoms with van der Waals surface area (Å²) in [5.41, 5.74) is 3.98. The molecular weight excluding hydrogens is 308 g/mol. The Labute approximate surface area is 138 Å². The van der Waals surface area contributed by atoms with E-state index in [1.807, 2.05) is 22.4 Å². The van der Waals surface area contributed by atoms with Crippen LogP contribution in [-0.2, 0) is 13.0 Å². The van der Waals surface area contributed by atoms with Crippen molar-refractivity contribution in [2.45, 2.75) is 25.9 Å². The van der Waals surface area contributed by atoms with Gasteiger partial charge < -0.3 is 9.32 Å². The lowest BCUT2D eigenvalue weighted by atomic mass is 9.94. The van der Waals surface area contributed by atoms with E-state index in [0.29, 0.717) is 12.2 Å². The van der Waals surface area contributed by atoms with Crippen LogP contribution in [0.5, 0.6) is 0 Å². The monoisotopic (exact) mass is 324 g/mol. The molecular formula is C18H16N2O2S. The lowest BCUT2D eigenvalue weighted by Crippen LogP contribution is -2.42. The van der Waals surface area contributed by atoms with Crippen molar-refractivity contribution in [1.82, 2.24) is 9.88 Å². The Balaban J connectivity index is 1.60. The maximum absolute atomic E-state index is 12.8. The molecule has 23 heavy (non-hydrogen) atoms. The third-order valence-corrected chi connectivity index (χ3v) is 5.15. The van der Waals surface area contributed by atoms with E-state index in [-0.39, 0.29) is 11.9 Å². The molecule has 2 aromatic heterocycles. The van der Waals surface area contributed by atoms with Crippen LogP contribution in [-0.4, -0.2) is 21.8 Å². The van der Waals surface area contributed by atoms with E-state index in [0.717, 1.165) is 17.0 Å². The molecule has 1 atom stereocenters. The third kappa shape index (κ3) is 2.57. The van der Waals surface area contributed by atoms with Gasteiger partial charge in [0.05, 0.1) is 6.26 Å². The summed E-state index contributed by atoms with van der Waals surface area (Å²) in [5, 5.41) is 2.64. The van der Waals surface area contributed by atoms with Gasteiger partial charge in [-0.1, -0.05) is 24.3 Å². The zero-order valence-corrected chi connectivity index (χ0v) is 13.5. The minimum atomic E-state index is -0.00185. The Morgan fingerprint density at radius 3 is 2.91 bits per heavy atom. The van der Waals surface area contributed by atoms with Gasteiger partial charge in [-0.3, -0.25) is 4.79 Å². The quantitative estimate of drug-likeness (QED) is 0.716. The van der Waals surface area contributed by atoms with E-state index < -0.39 is 0 Å². The number of nitrogens with zero attached hydrogens (tertiary/aromatic N) is 2. The molecule has 0 saturated carbocycles. The van der Waals surface area contributed by atoms with Crippen molar-refractivity contribution in [1.29, 1.82) is 0 Å². The van der Waals surface area contributed by atoms with Crippen LogP contribution >= 0.6 is 11.3 Å². The standard InChI is InChI=1S/C18H16N2O2S/c1-12-8-13-4-2-3-5-14(13)9-20(12)18(21)16-11-23-17(19-16)15-6-7-22-10-15/h2-7,10-12H,8-9H2,1H3. The summed E-state index contributed by atoms with van der Waals surface area (Å²) in [4.78, 5) is 19.2. The molecule has 0 radical (unpaired) electrons. The second-order valence-corrected chi connectivity index (χ2v) is 6.66. The van der Waals surface area contributed by atoms with Crippen LogP contribution in [0.15, 0.2) is 52.7 Å². The molecule has 0 bridgehead atoms. The van der Waals surface area contributed by atoms with Crippen LogP contribution in [0.1, 0.15) is 28.5 Å². The van der Waals surface area contributed by atoms with Crippen molar-refractivity contribution >= 4 is 17.2 Å². The number of hydrogen-bond acceptors (Lipinski definition) is 4. The van der Waals surface area contributed by atoms with Crippen LogP contribution in [0.4, 0.5) is 0 Å². The highest BCUT2D eigenvalue weighted by Gasteiger charge is 2.28. The molecule has 0 N–H and O–H groups in total. The van der Waals surface area contributed by atoms with Crippen LogP contribution in [0.2, 0.25) is 0 Å². The number of hydrogen-bond donors (Lipinski definition) is 0. The predicted octanol–water partition coefficient (Wildman–Crippen LogP) is 3.99. The summed E-state index contributed by atoms with van der Waals surface area (Å²) in [7, 11) is 0. The molecule has 1 unspecified atom stereocenters. The predicted molar refractivity (Wildman–Crippen MR) is 89.3 cm³/mol. The molecule has 1 aliphatic rings. The first-order valence-electron chi connectivity index (χ1n) is 7.58. The van der Waals surface area contributed by atoms with E-state index in [9.17, 15) is 4.79 Å². The first-order chi connectivity index (χ1) is 11.2. The molecule has 5 heteroatoms. The second kappa shape index (κ2) is 5.66. The number of rotatable bonds is 2. The molecule has 0 saturated heterocycles. The van der Waals surface area contributed by atoms with Gasteiger partial charge in [0, 0.05) is 23.5 Å². The summed E-state index contributed by atoms with van der Waals surface area (Å²) in [5.74, 6) is -0.00185. The fraction of sp³-hybridized carbons (Fsp3) is 0.222. The highest BCUT2D eigenvalue weighted by atomic mass is 32.1. The summed E-state index contributed by atoms with van der Waals surface area (Å²) in [6.07, 6.45) is 4.15. The number of fused-ring (bicyclic) bond motifs is 1. The molecule has 116 valence electrons. The first-order valence-corrected chi connectivity index (χ1v) is 8.46. The van der Waals surface area contributed by atoms with Gasteiger partial charge >= 0.3 is 0 Å². The van der Waals surface area contributed by atoms with Crippen LogP contribution in [0.25, 0.3) is 10.6 Å². The molecule has 0 spiro atoms. The minimum Gasteiger partial charge on any atom is -0.472 e. The highest BCUT2D eigenvalue weighted by molar-refractivity contribution is 7.13. The van der Waals surface area contributed by atoms with Crippen LogP contribution < -0.4 is 0 Å². The van der Waals surface area contributed by atoms with Gasteiger partial charge in [0.25, 0.3) is 5.91 Å².